The lowest BCUT2D eigenvalue weighted by atomic mass is 9.90. The molecule has 1 heterocycles. The Morgan fingerprint density at radius 1 is 1.29 bits per heavy atom. The molecule has 0 atom stereocenters. The van der Waals surface area contributed by atoms with Crippen molar-refractivity contribution in [2.75, 3.05) is 6.54 Å². The monoisotopic (exact) mass is 311 g/mol. The fourth-order valence-electron chi connectivity index (χ4n) is 1.93. The van der Waals surface area contributed by atoms with E-state index >= 15 is 0 Å². The van der Waals surface area contributed by atoms with Gasteiger partial charge in [-0.15, -0.1) is 11.3 Å². The summed E-state index contributed by atoms with van der Waals surface area (Å²) in [7, 11) is 0. The van der Waals surface area contributed by atoms with Crippen molar-refractivity contribution in [1.29, 1.82) is 0 Å². The molecule has 0 spiro atoms. The third-order valence-electron chi connectivity index (χ3n) is 3.56. The van der Waals surface area contributed by atoms with E-state index in [1.807, 2.05) is 0 Å². The number of aryl methyl sites for hydroxylation is 1. The molecule has 1 aromatic heterocycles. The summed E-state index contributed by atoms with van der Waals surface area (Å²) in [6.07, 6.45) is 5.11. The molecule has 0 fully saturated rings. The van der Waals surface area contributed by atoms with E-state index < -0.39 is 11.4 Å². The Hall–Kier alpha value is -1.36. The van der Waals surface area contributed by atoms with Crippen molar-refractivity contribution in [2.24, 2.45) is 5.41 Å². The average Bonchev–Trinajstić information content (AvgIpc) is 2.91. The molecule has 5 heteroatoms. The van der Waals surface area contributed by atoms with Gasteiger partial charge in [-0.3, -0.25) is 9.59 Å². The van der Waals surface area contributed by atoms with Gasteiger partial charge in [-0.1, -0.05) is 12.5 Å². The quantitative estimate of drug-likeness (QED) is 0.650. The molecule has 0 saturated heterocycles. The van der Waals surface area contributed by atoms with Crippen molar-refractivity contribution in [2.45, 2.75) is 52.4 Å². The number of rotatable bonds is 10. The van der Waals surface area contributed by atoms with Gasteiger partial charge in [-0.25, -0.2) is 0 Å². The average molecular weight is 311 g/mol. The summed E-state index contributed by atoms with van der Waals surface area (Å²) in [4.78, 5) is 24.0. The first-order valence-corrected chi connectivity index (χ1v) is 8.32. The van der Waals surface area contributed by atoms with Crippen LogP contribution in [0, 0.1) is 5.41 Å². The molecule has 1 aromatic rings. The minimum absolute atomic E-state index is 0.0207. The third kappa shape index (κ3) is 7.27. The Bertz CT molecular complexity index is 440. The second-order valence-electron chi connectivity index (χ2n) is 5.93. The number of hydrogen-bond acceptors (Lipinski definition) is 3. The molecule has 1 rings (SSSR count). The van der Waals surface area contributed by atoms with Crippen LogP contribution in [-0.2, 0) is 16.0 Å². The first kappa shape index (κ1) is 17.7. The molecule has 118 valence electrons. The largest absolute Gasteiger partial charge is 0.481 e. The maximum atomic E-state index is 11.6. The molecule has 0 aliphatic carbocycles. The number of amides is 1. The molecular formula is C16H25NO3S. The van der Waals surface area contributed by atoms with Crippen molar-refractivity contribution in [1.82, 2.24) is 5.32 Å². The van der Waals surface area contributed by atoms with Gasteiger partial charge in [0.15, 0.2) is 0 Å². The van der Waals surface area contributed by atoms with Gasteiger partial charge in [-0.05, 0) is 51.0 Å². The highest BCUT2D eigenvalue weighted by molar-refractivity contribution is 7.09. The number of aliphatic carboxylic acids is 1. The van der Waals surface area contributed by atoms with Gasteiger partial charge in [0, 0.05) is 17.8 Å². The highest BCUT2D eigenvalue weighted by Gasteiger charge is 2.26. The molecule has 2 N–H and O–H groups in total. The van der Waals surface area contributed by atoms with Crippen LogP contribution in [0.3, 0.4) is 0 Å². The number of nitrogens with one attached hydrogen (secondary N) is 1. The summed E-state index contributed by atoms with van der Waals surface area (Å²) in [5.74, 6) is -0.808. The molecule has 0 unspecified atom stereocenters. The first-order chi connectivity index (χ1) is 9.92. The van der Waals surface area contributed by atoms with Crippen LogP contribution in [0.5, 0.6) is 0 Å². The lowest BCUT2D eigenvalue weighted by molar-refractivity contribution is -0.147. The number of thiophene rings is 1. The van der Waals surface area contributed by atoms with E-state index in [1.54, 1.807) is 25.2 Å². The minimum atomic E-state index is -0.828. The fraction of sp³-hybridized carbons (Fsp3) is 0.625. The second-order valence-corrected chi connectivity index (χ2v) is 6.96. The molecule has 0 radical (unpaired) electrons. The zero-order chi connectivity index (χ0) is 15.7. The van der Waals surface area contributed by atoms with Crippen LogP contribution in [0.2, 0.25) is 0 Å². The van der Waals surface area contributed by atoms with Crippen LogP contribution in [0.4, 0.5) is 0 Å². The Balaban J connectivity index is 2.02. The number of unbranched alkanes of at least 4 members (excludes halogenated alkanes) is 2. The highest BCUT2D eigenvalue weighted by atomic mass is 32.1. The zero-order valence-corrected chi connectivity index (χ0v) is 13.7. The predicted molar refractivity (Wildman–Crippen MR) is 85.5 cm³/mol. The van der Waals surface area contributed by atoms with Crippen molar-refractivity contribution < 1.29 is 14.7 Å². The number of carbonyl (C=O) groups excluding carboxylic acids is 1. The maximum absolute atomic E-state index is 11.6. The molecule has 4 nitrogen and oxygen atoms in total. The number of carboxylic acids is 1. The maximum Gasteiger partial charge on any atom is 0.309 e. The van der Waals surface area contributed by atoms with Gasteiger partial charge >= 0.3 is 5.97 Å². The zero-order valence-electron chi connectivity index (χ0n) is 12.9. The Labute approximate surface area is 130 Å². The topological polar surface area (TPSA) is 66.4 Å². The van der Waals surface area contributed by atoms with E-state index in [0.717, 1.165) is 25.7 Å². The molecule has 0 aromatic carbocycles. The van der Waals surface area contributed by atoms with Gasteiger partial charge in [0.05, 0.1) is 5.41 Å². The van der Waals surface area contributed by atoms with Gasteiger partial charge in [0.1, 0.15) is 0 Å². The molecule has 0 saturated carbocycles. The van der Waals surface area contributed by atoms with Crippen LogP contribution in [0.25, 0.3) is 0 Å². The Morgan fingerprint density at radius 2 is 2.05 bits per heavy atom. The highest BCUT2D eigenvalue weighted by Crippen LogP contribution is 2.19. The van der Waals surface area contributed by atoms with E-state index in [4.69, 9.17) is 5.11 Å². The number of hydrogen-bond donors (Lipinski definition) is 2. The summed E-state index contributed by atoms with van der Waals surface area (Å²) < 4.78 is 0. The molecule has 0 aliphatic rings. The van der Waals surface area contributed by atoms with E-state index in [2.05, 4.69) is 22.8 Å². The summed E-state index contributed by atoms with van der Waals surface area (Å²) in [5, 5.41) is 13.9. The molecular weight excluding hydrogens is 286 g/mol. The Morgan fingerprint density at radius 3 is 2.67 bits per heavy atom. The van der Waals surface area contributed by atoms with Crippen molar-refractivity contribution in [3.05, 3.63) is 22.4 Å². The van der Waals surface area contributed by atoms with Crippen LogP contribution >= 0.6 is 11.3 Å². The van der Waals surface area contributed by atoms with E-state index in [1.165, 1.54) is 4.88 Å². The SMILES string of the molecule is CC(C)(CCNC(=O)CCCCCc1cccs1)C(=O)O. The minimum Gasteiger partial charge on any atom is -0.481 e. The molecule has 0 aliphatic heterocycles. The third-order valence-corrected chi connectivity index (χ3v) is 4.49. The predicted octanol–water partition coefficient (Wildman–Crippen LogP) is 3.47. The van der Waals surface area contributed by atoms with Gasteiger partial charge < -0.3 is 10.4 Å². The lowest BCUT2D eigenvalue weighted by Gasteiger charge is -2.18. The normalized spacial score (nSPS) is 11.3. The van der Waals surface area contributed by atoms with Crippen LogP contribution in [-0.4, -0.2) is 23.5 Å². The number of carboxylic acid groups (broad SMARTS) is 1. The summed E-state index contributed by atoms with van der Waals surface area (Å²) >= 11 is 1.78. The van der Waals surface area contributed by atoms with E-state index in [-0.39, 0.29) is 5.91 Å². The van der Waals surface area contributed by atoms with Crippen LogP contribution in [0.15, 0.2) is 17.5 Å². The standard InChI is InChI=1S/C16H25NO3S/c1-16(2,15(19)20)10-11-17-14(18)9-5-3-4-7-13-8-6-12-21-13/h6,8,12H,3-5,7,9-11H2,1-2H3,(H,17,18)(H,19,20). The van der Waals surface area contributed by atoms with Crippen LogP contribution < -0.4 is 5.32 Å². The molecule has 1 amide bonds. The van der Waals surface area contributed by atoms with E-state index in [9.17, 15) is 9.59 Å². The summed E-state index contributed by atoms with van der Waals surface area (Å²) in [5.41, 5.74) is -0.784. The fourth-order valence-corrected chi connectivity index (χ4v) is 2.68. The molecule has 21 heavy (non-hydrogen) atoms. The number of carbonyl (C=O) groups is 2. The lowest BCUT2D eigenvalue weighted by Crippen LogP contribution is -2.31. The van der Waals surface area contributed by atoms with Crippen LogP contribution in [0.1, 0.15) is 50.8 Å². The smallest absolute Gasteiger partial charge is 0.309 e. The Kier molecular flexibility index (Phi) is 7.43. The second kappa shape index (κ2) is 8.82. The first-order valence-electron chi connectivity index (χ1n) is 7.44. The van der Waals surface area contributed by atoms with Crippen molar-refractivity contribution in [3.8, 4) is 0 Å². The van der Waals surface area contributed by atoms with Gasteiger partial charge in [-0.2, -0.15) is 0 Å². The molecule has 0 bridgehead atoms. The summed E-state index contributed by atoms with van der Waals surface area (Å²) in [6.45, 7) is 3.77. The summed E-state index contributed by atoms with van der Waals surface area (Å²) in [6, 6.07) is 4.20. The van der Waals surface area contributed by atoms with Crippen molar-refractivity contribution in [3.63, 3.8) is 0 Å². The van der Waals surface area contributed by atoms with Gasteiger partial charge in [0.25, 0.3) is 0 Å². The van der Waals surface area contributed by atoms with E-state index in [0.29, 0.717) is 19.4 Å². The van der Waals surface area contributed by atoms with Gasteiger partial charge in [0.2, 0.25) is 5.91 Å². The van der Waals surface area contributed by atoms with Crippen molar-refractivity contribution >= 4 is 23.2 Å².